The number of halogens is 1. The molecule has 2 heteroatoms. The van der Waals surface area contributed by atoms with Crippen molar-refractivity contribution in [2.75, 3.05) is 6.61 Å². The fraction of sp³-hybridized carbons (Fsp3) is 0.333. The zero-order valence-electron chi connectivity index (χ0n) is 11.8. The molecule has 1 aliphatic carbocycles. The minimum Gasteiger partial charge on any atom is -0.494 e. The normalized spacial score (nSPS) is 13.3. The molecule has 0 saturated carbocycles. The van der Waals surface area contributed by atoms with E-state index >= 15 is 0 Å². The highest BCUT2D eigenvalue weighted by Gasteiger charge is 2.14. The molecule has 0 amide bonds. The number of benzene rings is 2. The average Bonchev–Trinajstić information content (AvgIpc) is 2.89. The molecule has 2 aromatic carbocycles. The van der Waals surface area contributed by atoms with Crippen LogP contribution in [0.3, 0.4) is 0 Å². The first-order chi connectivity index (χ1) is 9.76. The van der Waals surface area contributed by atoms with Crippen LogP contribution in [0.25, 0.3) is 0 Å². The Morgan fingerprint density at radius 3 is 2.45 bits per heavy atom. The van der Waals surface area contributed by atoms with Gasteiger partial charge in [0.25, 0.3) is 0 Å². The first-order valence-corrected chi connectivity index (χ1v) is 7.66. The molecular weight excluding hydrogens is 268 g/mol. The molecule has 0 fully saturated rings. The molecule has 0 N–H and O–H groups in total. The van der Waals surface area contributed by atoms with Gasteiger partial charge in [-0.05, 0) is 73.1 Å². The highest BCUT2D eigenvalue weighted by Crippen LogP contribution is 2.29. The van der Waals surface area contributed by atoms with Gasteiger partial charge in [0.15, 0.2) is 0 Å². The molecule has 0 spiro atoms. The minimum absolute atomic E-state index is 0.704. The lowest BCUT2D eigenvalue weighted by Crippen LogP contribution is -1.94. The minimum atomic E-state index is 0.704. The monoisotopic (exact) mass is 286 g/mol. The van der Waals surface area contributed by atoms with Crippen LogP contribution >= 0.6 is 11.6 Å². The Morgan fingerprint density at radius 2 is 1.75 bits per heavy atom. The highest BCUT2D eigenvalue weighted by atomic mass is 35.5. The van der Waals surface area contributed by atoms with Crippen molar-refractivity contribution in [3.63, 3.8) is 0 Å². The summed E-state index contributed by atoms with van der Waals surface area (Å²) in [4.78, 5) is 0. The molecular formula is C18H19ClO. The summed E-state index contributed by atoms with van der Waals surface area (Å²) in [5.41, 5.74) is 5.42. The number of rotatable bonds is 4. The molecule has 20 heavy (non-hydrogen) atoms. The van der Waals surface area contributed by atoms with Gasteiger partial charge >= 0.3 is 0 Å². The van der Waals surface area contributed by atoms with Gasteiger partial charge in [0, 0.05) is 5.02 Å². The van der Waals surface area contributed by atoms with E-state index in [4.69, 9.17) is 16.3 Å². The first kappa shape index (κ1) is 13.5. The molecule has 0 heterocycles. The lowest BCUT2D eigenvalue weighted by Gasteiger charge is -2.09. The summed E-state index contributed by atoms with van der Waals surface area (Å²) < 4.78 is 5.47. The second-order valence-corrected chi connectivity index (χ2v) is 5.73. The summed E-state index contributed by atoms with van der Waals surface area (Å²) in [6.07, 6.45) is 4.53. The third kappa shape index (κ3) is 2.83. The Balaban J connectivity index is 1.80. The SMILES string of the molecule is CCOc1ccc(Cc2cc3c(cc2Cl)CCC3)cc1. The van der Waals surface area contributed by atoms with Gasteiger partial charge in [-0.15, -0.1) is 0 Å². The van der Waals surface area contributed by atoms with Crippen LogP contribution in [0, 0.1) is 0 Å². The van der Waals surface area contributed by atoms with E-state index in [2.05, 4.69) is 24.3 Å². The van der Waals surface area contributed by atoms with Crippen LogP contribution in [0.2, 0.25) is 5.02 Å². The smallest absolute Gasteiger partial charge is 0.119 e. The van der Waals surface area contributed by atoms with Gasteiger partial charge in [-0.2, -0.15) is 0 Å². The van der Waals surface area contributed by atoms with E-state index in [9.17, 15) is 0 Å². The predicted octanol–water partition coefficient (Wildman–Crippen LogP) is 4.82. The van der Waals surface area contributed by atoms with Crippen LogP contribution < -0.4 is 4.74 Å². The lowest BCUT2D eigenvalue weighted by atomic mass is 10.0. The molecule has 0 aromatic heterocycles. The number of aryl methyl sites for hydroxylation is 2. The van der Waals surface area contributed by atoms with Crippen molar-refractivity contribution in [1.82, 2.24) is 0 Å². The Morgan fingerprint density at radius 1 is 1.05 bits per heavy atom. The quantitative estimate of drug-likeness (QED) is 0.783. The molecule has 104 valence electrons. The molecule has 0 unspecified atom stereocenters. The molecule has 1 aliphatic rings. The Labute approximate surface area is 125 Å². The molecule has 0 saturated heterocycles. The van der Waals surface area contributed by atoms with Crippen molar-refractivity contribution in [2.45, 2.75) is 32.6 Å². The van der Waals surface area contributed by atoms with E-state index in [1.807, 2.05) is 19.1 Å². The van der Waals surface area contributed by atoms with Crippen molar-refractivity contribution in [3.8, 4) is 5.75 Å². The van der Waals surface area contributed by atoms with Gasteiger partial charge in [0.05, 0.1) is 6.61 Å². The van der Waals surface area contributed by atoms with Gasteiger partial charge in [0.1, 0.15) is 5.75 Å². The Hall–Kier alpha value is -1.47. The van der Waals surface area contributed by atoms with Crippen LogP contribution in [-0.4, -0.2) is 6.61 Å². The third-order valence-corrected chi connectivity index (χ3v) is 4.24. The standard InChI is InChI=1S/C18H19ClO/c1-2-20-17-8-6-13(7-9-17)10-16-11-14-4-3-5-15(14)12-18(16)19/h6-9,11-12H,2-5,10H2,1H3. The van der Waals surface area contributed by atoms with E-state index in [1.165, 1.54) is 41.5 Å². The van der Waals surface area contributed by atoms with E-state index in [0.717, 1.165) is 17.2 Å². The maximum absolute atomic E-state index is 6.41. The fourth-order valence-electron chi connectivity index (χ4n) is 2.87. The molecule has 0 radical (unpaired) electrons. The van der Waals surface area contributed by atoms with Crippen molar-refractivity contribution in [2.24, 2.45) is 0 Å². The maximum atomic E-state index is 6.41. The van der Waals surface area contributed by atoms with Crippen molar-refractivity contribution in [1.29, 1.82) is 0 Å². The van der Waals surface area contributed by atoms with Gasteiger partial charge in [-0.1, -0.05) is 29.8 Å². The predicted molar refractivity (Wildman–Crippen MR) is 83.9 cm³/mol. The summed E-state index contributed by atoms with van der Waals surface area (Å²) in [6.45, 7) is 2.70. The highest BCUT2D eigenvalue weighted by molar-refractivity contribution is 6.31. The molecule has 1 nitrogen and oxygen atoms in total. The number of ether oxygens (including phenoxy) is 1. The second kappa shape index (κ2) is 5.88. The number of hydrogen-bond acceptors (Lipinski definition) is 1. The van der Waals surface area contributed by atoms with Crippen LogP contribution in [0.15, 0.2) is 36.4 Å². The summed E-state index contributed by atoms with van der Waals surface area (Å²) >= 11 is 6.41. The van der Waals surface area contributed by atoms with E-state index in [1.54, 1.807) is 0 Å². The number of hydrogen-bond donors (Lipinski definition) is 0. The largest absolute Gasteiger partial charge is 0.494 e. The first-order valence-electron chi connectivity index (χ1n) is 7.28. The number of fused-ring (bicyclic) bond motifs is 1. The summed E-state index contributed by atoms with van der Waals surface area (Å²) in [5.74, 6) is 0.927. The summed E-state index contributed by atoms with van der Waals surface area (Å²) in [6, 6.07) is 12.7. The van der Waals surface area contributed by atoms with E-state index in [0.29, 0.717) is 6.61 Å². The van der Waals surface area contributed by atoms with Crippen molar-refractivity contribution in [3.05, 3.63) is 63.7 Å². The third-order valence-electron chi connectivity index (χ3n) is 3.89. The Bertz CT molecular complexity index is 602. The fourth-order valence-corrected chi connectivity index (χ4v) is 3.12. The summed E-state index contributed by atoms with van der Waals surface area (Å²) in [7, 11) is 0. The summed E-state index contributed by atoms with van der Waals surface area (Å²) in [5, 5.41) is 0.902. The van der Waals surface area contributed by atoms with Crippen LogP contribution in [0.5, 0.6) is 5.75 Å². The van der Waals surface area contributed by atoms with Gasteiger partial charge < -0.3 is 4.74 Å². The average molecular weight is 287 g/mol. The Kier molecular flexibility index (Phi) is 3.98. The van der Waals surface area contributed by atoms with Gasteiger partial charge in [-0.3, -0.25) is 0 Å². The van der Waals surface area contributed by atoms with Crippen molar-refractivity contribution < 1.29 is 4.74 Å². The van der Waals surface area contributed by atoms with E-state index in [-0.39, 0.29) is 0 Å². The zero-order valence-corrected chi connectivity index (χ0v) is 12.5. The molecule has 2 aromatic rings. The van der Waals surface area contributed by atoms with E-state index < -0.39 is 0 Å². The lowest BCUT2D eigenvalue weighted by molar-refractivity contribution is 0.340. The van der Waals surface area contributed by atoms with Gasteiger partial charge in [-0.25, -0.2) is 0 Å². The van der Waals surface area contributed by atoms with Gasteiger partial charge in [0.2, 0.25) is 0 Å². The molecule has 0 bridgehead atoms. The molecule has 0 atom stereocenters. The molecule has 0 aliphatic heterocycles. The van der Waals surface area contributed by atoms with Crippen LogP contribution in [0.4, 0.5) is 0 Å². The van der Waals surface area contributed by atoms with Crippen molar-refractivity contribution >= 4 is 11.6 Å². The second-order valence-electron chi connectivity index (χ2n) is 5.32. The van der Waals surface area contributed by atoms with Crippen LogP contribution in [0.1, 0.15) is 35.6 Å². The zero-order chi connectivity index (χ0) is 13.9. The topological polar surface area (TPSA) is 9.23 Å². The molecule has 3 rings (SSSR count). The maximum Gasteiger partial charge on any atom is 0.119 e. The van der Waals surface area contributed by atoms with Crippen LogP contribution in [-0.2, 0) is 19.3 Å².